The first-order valence-corrected chi connectivity index (χ1v) is 9.78. The quantitative estimate of drug-likeness (QED) is 0.643. The Morgan fingerprint density at radius 1 is 0.731 bits per heavy atom. The third kappa shape index (κ3) is 6.62. The molecule has 3 rings (SSSR count). The maximum atomic E-state index is 2.59. The number of likely N-dealkylation sites (tertiary alicyclic amines) is 1. The van der Waals surface area contributed by atoms with E-state index in [2.05, 4.69) is 94.8 Å². The number of benzene rings is 2. The molecule has 26 heavy (non-hydrogen) atoms. The predicted molar refractivity (Wildman–Crippen MR) is 113 cm³/mol. The molecule has 0 aromatic heterocycles. The lowest BCUT2D eigenvalue weighted by Crippen LogP contribution is -2.34. The van der Waals surface area contributed by atoms with E-state index in [0.29, 0.717) is 0 Å². The number of nitrogens with zero attached hydrogens (tertiary/aromatic N) is 2. The summed E-state index contributed by atoms with van der Waals surface area (Å²) in [7, 11) is 0. The molecule has 0 amide bonds. The molecule has 0 radical (unpaired) electrons. The lowest BCUT2D eigenvalue weighted by molar-refractivity contribution is 0.256. The second-order valence-corrected chi connectivity index (χ2v) is 6.93. The van der Waals surface area contributed by atoms with Crippen LogP contribution in [0.4, 0.5) is 0 Å². The minimum Gasteiger partial charge on any atom is -0.302 e. The van der Waals surface area contributed by atoms with Crippen molar-refractivity contribution in [2.45, 2.75) is 12.8 Å². The zero-order chi connectivity index (χ0) is 17.9. The Kier molecular flexibility index (Phi) is 7.70. The van der Waals surface area contributed by atoms with E-state index in [1.165, 1.54) is 43.6 Å². The SMILES string of the molecule is C(=Cc1ccccc1)CN(CC=Cc1ccccc1)CCN1CCCC1. The summed E-state index contributed by atoms with van der Waals surface area (Å²) in [6.45, 7) is 6.82. The van der Waals surface area contributed by atoms with Crippen LogP contribution in [0.15, 0.2) is 72.8 Å². The second kappa shape index (κ2) is 10.7. The van der Waals surface area contributed by atoms with Crippen LogP contribution in [0.5, 0.6) is 0 Å². The van der Waals surface area contributed by atoms with Crippen molar-refractivity contribution < 1.29 is 0 Å². The summed E-state index contributed by atoms with van der Waals surface area (Å²) in [5.74, 6) is 0. The Hall–Kier alpha value is -2.16. The molecule has 0 atom stereocenters. The van der Waals surface area contributed by atoms with Crippen molar-refractivity contribution in [1.29, 1.82) is 0 Å². The fourth-order valence-corrected chi connectivity index (χ4v) is 3.35. The minimum absolute atomic E-state index is 0.988. The number of hydrogen-bond acceptors (Lipinski definition) is 2. The third-order valence-corrected chi connectivity index (χ3v) is 4.88. The Labute approximate surface area is 158 Å². The van der Waals surface area contributed by atoms with Gasteiger partial charge >= 0.3 is 0 Å². The molecule has 2 aromatic carbocycles. The first-order chi connectivity index (χ1) is 12.9. The average Bonchev–Trinajstić information content (AvgIpc) is 3.21. The summed E-state index contributed by atoms with van der Waals surface area (Å²) in [5.41, 5.74) is 2.54. The number of hydrogen-bond donors (Lipinski definition) is 0. The molecule has 1 saturated heterocycles. The van der Waals surface area contributed by atoms with Crippen LogP contribution in [0.1, 0.15) is 24.0 Å². The van der Waals surface area contributed by atoms with Crippen molar-refractivity contribution in [3.8, 4) is 0 Å². The monoisotopic (exact) mass is 346 g/mol. The van der Waals surface area contributed by atoms with Crippen molar-refractivity contribution in [3.05, 3.63) is 83.9 Å². The highest BCUT2D eigenvalue weighted by molar-refractivity contribution is 5.49. The standard InChI is InChI=1S/C24H30N2/c1-3-11-23(12-4-1)15-9-19-26(22-21-25-17-7-8-18-25)20-10-16-24-13-5-2-6-14-24/h1-6,9-16H,7-8,17-22H2. The minimum atomic E-state index is 0.988. The predicted octanol–water partition coefficient (Wildman–Crippen LogP) is 4.81. The van der Waals surface area contributed by atoms with Gasteiger partial charge in [0.2, 0.25) is 0 Å². The highest BCUT2D eigenvalue weighted by atomic mass is 15.2. The molecule has 0 bridgehead atoms. The van der Waals surface area contributed by atoms with Gasteiger partial charge in [-0.1, -0.05) is 85.0 Å². The largest absolute Gasteiger partial charge is 0.302 e. The molecule has 0 unspecified atom stereocenters. The maximum Gasteiger partial charge on any atom is 0.0170 e. The van der Waals surface area contributed by atoms with Crippen LogP contribution in [0.3, 0.4) is 0 Å². The third-order valence-electron chi connectivity index (χ3n) is 4.88. The van der Waals surface area contributed by atoms with Crippen molar-refractivity contribution in [1.82, 2.24) is 9.80 Å². The van der Waals surface area contributed by atoms with Crippen LogP contribution in [-0.4, -0.2) is 49.1 Å². The van der Waals surface area contributed by atoms with Gasteiger partial charge in [0.1, 0.15) is 0 Å². The highest BCUT2D eigenvalue weighted by Crippen LogP contribution is 2.08. The number of rotatable bonds is 9. The van der Waals surface area contributed by atoms with Crippen LogP contribution in [0.25, 0.3) is 12.2 Å². The molecule has 1 fully saturated rings. The van der Waals surface area contributed by atoms with Crippen molar-refractivity contribution in [3.63, 3.8) is 0 Å². The van der Waals surface area contributed by atoms with E-state index in [9.17, 15) is 0 Å². The second-order valence-electron chi connectivity index (χ2n) is 6.93. The Morgan fingerprint density at radius 2 is 1.23 bits per heavy atom. The summed E-state index contributed by atoms with van der Waals surface area (Å²) in [6.07, 6.45) is 11.8. The first-order valence-electron chi connectivity index (χ1n) is 9.78. The highest BCUT2D eigenvalue weighted by Gasteiger charge is 2.12. The summed E-state index contributed by atoms with van der Waals surface area (Å²) in [4.78, 5) is 5.12. The van der Waals surface area contributed by atoms with Gasteiger partial charge in [-0.3, -0.25) is 4.90 Å². The van der Waals surface area contributed by atoms with Gasteiger partial charge in [-0.2, -0.15) is 0 Å². The summed E-state index contributed by atoms with van der Waals surface area (Å²) >= 11 is 0. The van der Waals surface area contributed by atoms with Crippen molar-refractivity contribution >= 4 is 12.2 Å². The zero-order valence-electron chi connectivity index (χ0n) is 15.6. The van der Waals surface area contributed by atoms with E-state index in [0.717, 1.165) is 19.6 Å². The zero-order valence-corrected chi connectivity index (χ0v) is 15.6. The van der Waals surface area contributed by atoms with Crippen molar-refractivity contribution in [2.24, 2.45) is 0 Å². The normalized spacial score (nSPS) is 15.6. The molecule has 1 aliphatic heterocycles. The van der Waals surface area contributed by atoms with Gasteiger partial charge in [0.05, 0.1) is 0 Å². The van der Waals surface area contributed by atoms with Gasteiger partial charge in [0.15, 0.2) is 0 Å². The van der Waals surface area contributed by atoms with E-state index in [1.54, 1.807) is 0 Å². The molecular formula is C24H30N2. The van der Waals surface area contributed by atoms with E-state index in [4.69, 9.17) is 0 Å². The summed E-state index contributed by atoms with van der Waals surface area (Å²) in [6, 6.07) is 21.1. The van der Waals surface area contributed by atoms with Crippen LogP contribution in [-0.2, 0) is 0 Å². The van der Waals surface area contributed by atoms with E-state index >= 15 is 0 Å². The lowest BCUT2D eigenvalue weighted by atomic mass is 10.2. The van der Waals surface area contributed by atoms with Gasteiger partial charge in [-0.05, 0) is 37.1 Å². The summed E-state index contributed by atoms with van der Waals surface area (Å²) in [5, 5.41) is 0. The fraction of sp³-hybridized carbons (Fsp3) is 0.333. The average molecular weight is 347 g/mol. The van der Waals surface area contributed by atoms with E-state index < -0.39 is 0 Å². The van der Waals surface area contributed by atoms with E-state index in [1.807, 2.05) is 0 Å². The van der Waals surface area contributed by atoms with Crippen molar-refractivity contribution in [2.75, 3.05) is 39.3 Å². The molecule has 2 heteroatoms. The van der Waals surface area contributed by atoms with Crippen LogP contribution < -0.4 is 0 Å². The van der Waals surface area contributed by atoms with Gasteiger partial charge in [-0.25, -0.2) is 0 Å². The van der Waals surface area contributed by atoms with Gasteiger partial charge in [-0.15, -0.1) is 0 Å². The Bertz CT molecular complexity index is 618. The molecule has 0 aliphatic carbocycles. The van der Waals surface area contributed by atoms with Gasteiger partial charge in [0.25, 0.3) is 0 Å². The maximum absolute atomic E-state index is 2.59. The van der Waals surface area contributed by atoms with Gasteiger partial charge < -0.3 is 4.90 Å². The first kappa shape index (κ1) is 18.6. The molecule has 0 saturated carbocycles. The fourth-order valence-electron chi connectivity index (χ4n) is 3.35. The van der Waals surface area contributed by atoms with Crippen LogP contribution in [0, 0.1) is 0 Å². The molecule has 1 aliphatic rings. The Morgan fingerprint density at radius 3 is 1.73 bits per heavy atom. The molecule has 2 aromatic rings. The topological polar surface area (TPSA) is 6.48 Å². The molecule has 0 N–H and O–H groups in total. The summed E-state index contributed by atoms with van der Waals surface area (Å²) < 4.78 is 0. The molecule has 136 valence electrons. The Balaban J connectivity index is 1.53. The lowest BCUT2D eigenvalue weighted by Gasteiger charge is -2.23. The molecule has 0 spiro atoms. The van der Waals surface area contributed by atoms with Crippen LogP contribution in [0.2, 0.25) is 0 Å². The smallest absolute Gasteiger partial charge is 0.0170 e. The molecular weight excluding hydrogens is 316 g/mol. The van der Waals surface area contributed by atoms with Crippen LogP contribution >= 0.6 is 0 Å². The molecule has 1 heterocycles. The van der Waals surface area contributed by atoms with Gasteiger partial charge in [0, 0.05) is 26.2 Å². The van der Waals surface area contributed by atoms with E-state index in [-0.39, 0.29) is 0 Å². The molecule has 2 nitrogen and oxygen atoms in total.